The van der Waals surface area contributed by atoms with E-state index in [0.717, 1.165) is 17.9 Å². The van der Waals surface area contributed by atoms with Crippen LogP contribution in [0.2, 0.25) is 0 Å². The minimum absolute atomic E-state index is 0.934. The minimum atomic E-state index is 0.934. The lowest BCUT2D eigenvalue weighted by Crippen LogP contribution is -1.95. The van der Waals surface area contributed by atoms with Crippen molar-refractivity contribution in [2.24, 2.45) is 0 Å². The van der Waals surface area contributed by atoms with Gasteiger partial charge in [-0.1, -0.05) is 6.92 Å². The third kappa shape index (κ3) is 1.75. The van der Waals surface area contributed by atoms with Crippen molar-refractivity contribution in [2.75, 3.05) is 0 Å². The standard InChI is InChI=1S/C6H10N2S/c1-2-3-8-5-6(9)4-7-8/h4-5,9H,2-3H2,1H3. The predicted molar refractivity (Wildman–Crippen MR) is 39.8 cm³/mol. The first kappa shape index (κ1) is 6.68. The fourth-order valence-electron chi connectivity index (χ4n) is 0.704. The Morgan fingerprint density at radius 1 is 1.78 bits per heavy atom. The van der Waals surface area contributed by atoms with Gasteiger partial charge in [-0.3, -0.25) is 4.68 Å². The molecule has 1 heterocycles. The molecule has 0 atom stereocenters. The summed E-state index contributed by atoms with van der Waals surface area (Å²) in [6.45, 7) is 3.11. The van der Waals surface area contributed by atoms with Crippen LogP contribution in [0, 0.1) is 0 Å². The molecule has 0 saturated carbocycles. The summed E-state index contributed by atoms with van der Waals surface area (Å²) in [5.41, 5.74) is 0. The van der Waals surface area contributed by atoms with E-state index in [4.69, 9.17) is 0 Å². The molecule has 0 aliphatic heterocycles. The summed E-state index contributed by atoms with van der Waals surface area (Å²) in [5.74, 6) is 0. The van der Waals surface area contributed by atoms with E-state index in [1.165, 1.54) is 0 Å². The number of aromatic nitrogens is 2. The van der Waals surface area contributed by atoms with E-state index in [1.807, 2.05) is 10.9 Å². The molecule has 0 aliphatic carbocycles. The van der Waals surface area contributed by atoms with Crippen LogP contribution < -0.4 is 0 Å². The van der Waals surface area contributed by atoms with Crippen LogP contribution in [0.25, 0.3) is 0 Å². The van der Waals surface area contributed by atoms with Crippen molar-refractivity contribution in [3.63, 3.8) is 0 Å². The molecule has 0 amide bonds. The molecule has 0 fully saturated rings. The van der Waals surface area contributed by atoms with Crippen molar-refractivity contribution >= 4 is 12.6 Å². The highest BCUT2D eigenvalue weighted by Gasteiger charge is 1.89. The smallest absolute Gasteiger partial charge is 0.0623 e. The Morgan fingerprint density at radius 3 is 3.00 bits per heavy atom. The molecule has 2 nitrogen and oxygen atoms in total. The van der Waals surface area contributed by atoms with E-state index in [9.17, 15) is 0 Å². The first-order valence-electron chi connectivity index (χ1n) is 3.04. The third-order valence-corrected chi connectivity index (χ3v) is 1.30. The molecule has 0 bridgehead atoms. The lowest BCUT2D eigenvalue weighted by atomic mass is 10.5. The lowest BCUT2D eigenvalue weighted by molar-refractivity contribution is 0.602. The molecule has 1 aromatic rings. The molecule has 1 aromatic heterocycles. The minimum Gasteiger partial charge on any atom is -0.272 e. The van der Waals surface area contributed by atoms with Crippen molar-refractivity contribution in [3.05, 3.63) is 12.4 Å². The largest absolute Gasteiger partial charge is 0.272 e. The summed E-state index contributed by atoms with van der Waals surface area (Å²) in [6, 6.07) is 0. The van der Waals surface area contributed by atoms with Gasteiger partial charge in [-0.15, -0.1) is 12.6 Å². The summed E-state index contributed by atoms with van der Waals surface area (Å²) < 4.78 is 1.89. The molecule has 50 valence electrons. The molecular formula is C6H10N2S. The number of aryl methyl sites for hydroxylation is 1. The molecule has 0 saturated heterocycles. The zero-order chi connectivity index (χ0) is 6.69. The van der Waals surface area contributed by atoms with Gasteiger partial charge in [0.15, 0.2) is 0 Å². The van der Waals surface area contributed by atoms with Crippen LogP contribution in [0.3, 0.4) is 0 Å². The van der Waals surface area contributed by atoms with Crippen LogP contribution in [-0.2, 0) is 6.54 Å². The second kappa shape index (κ2) is 2.92. The molecule has 9 heavy (non-hydrogen) atoms. The van der Waals surface area contributed by atoms with Gasteiger partial charge < -0.3 is 0 Å². The highest BCUT2D eigenvalue weighted by Crippen LogP contribution is 2.01. The number of hydrogen-bond donors (Lipinski definition) is 1. The predicted octanol–water partition coefficient (Wildman–Crippen LogP) is 1.58. The van der Waals surface area contributed by atoms with Crippen molar-refractivity contribution in [1.82, 2.24) is 9.78 Å². The summed E-state index contributed by atoms with van der Waals surface area (Å²) in [7, 11) is 0. The molecule has 0 N–H and O–H groups in total. The second-order valence-electron chi connectivity index (χ2n) is 1.96. The number of rotatable bonds is 2. The van der Waals surface area contributed by atoms with E-state index < -0.39 is 0 Å². The van der Waals surface area contributed by atoms with Crippen LogP contribution >= 0.6 is 12.6 Å². The second-order valence-corrected chi connectivity index (χ2v) is 2.48. The fraction of sp³-hybridized carbons (Fsp3) is 0.500. The molecule has 0 spiro atoms. The van der Waals surface area contributed by atoms with Crippen LogP contribution in [0.5, 0.6) is 0 Å². The maximum Gasteiger partial charge on any atom is 0.0623 e. The van der Waals surface area contributed by atoms with Crippen molar-refractivity contribution in [2.45, 2.75) is 24.8 Å². The normalized spacial score (nSPS) is 10.0. The highest BCUT2D eigenvalue weighted by molar-refractivity contribution is 7.80. The van der Waals surface area contributed by atoms with Gasteiger partial charge >= 0.3 is 0 Å². The average Bonchev–Trinajstić information content (AvgIpc) is 2.17. The lowest BCUT2D eigenvalue weighted by Gasteiger charge is -1.93. The van der Waals surface area contributed by atoms with E-state index in [1.54, 1.807) is 6.20 Å². The highest BCUT2D eigenvalue weighted by atomic mass is 32.1. The van der Waals surface area contributed by atoms with E-state index in [-0.39, 0.29) is 0 Å². The zero-order valence-corrected chi connectivity index (χ0v) is 6.30. The van der Waals surface area contributed by atoms with Gasteiger partial charge in [0.2, 0.25) is 0 Å². The quantitative estimate of drug-likeness (QED) is 0.621. The summed E-state index contributed by atoms with van der Waals surface area (Å²) in [4.78, 5) is 0.934. The number of nitrogens with zero attached hydrogens (tertiary/aromatic N) is 2. The van der Waals surface area contributed by atoms with Crippen molar-refractivity contribution in [3.8, 4) is 0 Å². The fourth-order valence-corrected chi connectivity index (χ4v) is 0.889. The SMILES string of the molecule is CCCn1cc(S)cn1. The van der Waals surface area contributed by atoms with Gasteiger partial charge in [0.25, 0.3) is 0 Å². The number of thiol groups is 1. The molecule has 0 aliphatic rings. The maximum absolute atomic E-state index is 4.11. The molecule has 0 radical (unpaired) electrons. The van der Waals surface area contributed by atoms with Crippen molar-refractivity contribution in [1.29, 1.82) is 0 Å². The van der Waals surface area contributed by atoms with E-state index in [0.29, 0.717) is 0 Å². The Bertz CT molecular complexity index is 183. The summed E-state index contributed by atoms with van der Waals surface area (Å²) in [6.07, 6.45) is 4.79. The van der Waals surface area contributed by atoms with Gasteiger partial charge in [0, 0.05) is 17.6 Å². The van der Waals surface area contributed by atoms with Crippen LogP contribution in [0.1, 0.15) is 13.3 Å². The third-order valence-electron chi connectivity index (χ3n) is 1.07. The maximum atomic E-state index is 4.11. The first-order valence-corrected chi connectivity index (χ1v) is 3.49. The summed E-state index contributed by atoms with van der Waals surface area (Å²) in [5, 5.41) is 4.05. The van der Waals surface area contributed by atoms with E-state index >= 15 is 0 Å². The molecule has 1 rings (SSSR count). The number of hydrogen-bond acceptors (Lipinski definition) is 2. The van der Waals surface area contributed by atoms with Crippen LogP contribution in [-0.4, -0.2) is 9.78 Å². The van der Waals surface area contributed by atoms with Gasteiger partial charge in [-0.05, 0) is 6.42 Å². The molecule has 3 heteroatoms. The zero-order valence-electron chi connectivity index (χ0n) is 5.41. The van der Waals surface area contributed by atoms with Gasteiger partial charge in [-0.25, -0.2) is 0 Å². The van der Waals surface area contributed by atoms with Gasteiger partial charge in [-0.2, -0.15) is 5.10 Å². The topological polar surface area (TPSA) is 17.8 Å². The molecular weight excluding hydrogens is 132 g/mol. The Morgan fingerprint density at radius 2 is 2.56 bits per heavy atom. The monoisotopic (exact) mass is 142 g/mol. The van der Waals surface area contributed by atoms with Crippen LogP contribution in [0.15, 0.2) is 17.3 Å². The molecule has 0 aromatic carbocycles. The first-order chi connectivity index (χ1) is 4.33. The average molecular weight is 142 g/mol. The Kier molecular flexibility index (Phi) is 2.16. The van der Waals surface area contributed by atoms with Crippen LogP contribution in [0.4, 0.5) is 0 Å². The summed E-state index contributed by atoms with van der Waals surface area (Å²) >= 11 is 4.11. The van der Waals surface area contributed by atoms with E-state index in [2.05, 4.69) is 24.7 Å². The van der Waals surface area contributed by atoms with Gasteiger partial charge in [0.1, 0.15) is 0 Å². The Hall–Kier alpha value is -0.440. The Labute approximate surface area is 60.3 Å². The molecule has 0 unspecified atom stereocenters. The van der Waals surface area contributed by atoms with Crippen molar-refractivity contribution < 1.29 is 0 Å². The Balaban J connectivity index is 2.61. The van der Waals surface area contributed by atoms with Gasteiger partial charge in [0.05, 0.1) is 6.20 Å².